The van der Waals surface area contributed by atoms with Crippen molar-refractivity contribution in [3.63, 3.8) is 0 Å². The molecule has 1 N–H and O–H groups in total. The highest BCUT2D eigenvalue weighted by atomic mass is 32.2. The Morgan fingerprint density at radius 2 is 2.00 bits per heavy atom. The molecule has 3 rings (SSSR count). The second-order valence-corrected chi connectivity index (χ2v) is 7.51. The molecule has 2 amide bonds. The number of nitrogens with zero attached hydrogens (tertiary/aromatic N) is 2. The molecule has 1 atom stereocenters. The zero-order valence-electron chi connectivity index (χ0n) is 15.4. The number of carbonyl (C=O) groups is 2. The molecule has 0 bridgehead atoms. The molecule has 0 unspecified atom stereocenters. The van der Waals surface area contributed by atoms with E-state index in [4.69, 9.17) is 0 Å². The van der Waals surface area contributed by atoms with E-state index in [-0.39, 0.29) is 16.5 Å². The number of rotatable bonds is 4. The van der Waals surface area contributed by atoms with Crippen LogP contribution in [0, 0.1) is 24.1 Å². The van der Waals surface area contributed by atoms with Crippen LogP contribution in [0.3, 0.4) is 0 Å². The van der Waals surface area contributed by atoms with Crippen LogP contribution in [0.15, 0.2) is 59.1 Å². The molecule has 1 heterocycles. The van der Waals surface area contributed by atoms with Crippen LogP contribution in [0.25, 0.3) is 0 Å². The molecule has 28 heavy (non-hydrogen) atoms. The van der Waals surface area contributed by atoms with Crippen LogP contribution in [-0.2, 0) is 16.0 Å². The Labute approximate surface area is 166 Å². The zero-order valence-corrected chi connectivity index (χ0v) is 16.2. The molecule has 0 saturated carbocycles. The minimum absolute atomic E-state index is 0.142. The topological polar surface area (TPSA) is 73.2 Å². The number of hydrogen-bond donors (Lipinski definition) is 1. The van der Waals surface area contributed by atoms with Gasteiger partial charge in [0.05, 0.1) is 5.25 Å². The van der Waals surface area contributed by atoms with E-state index in [2.05, 4.69) is 5.32 Å². The van der Waals surface area contributed by atoms with E-state index in [1.165, 1.54) is 48.0 Å². The molecule has 5 nitrogen and oxygen atoms in total. The summed E-state index contributed by atoms with van der Waals surface area (Å²) in [5, 5.41) is 11.7. The lowest BCUT2D eigenvalue weighted by molar-refractivity contribution is -0.117. The molecule has 1 aliphatic heterocycles. The quantitative estimate of drug-likeness (QED) is 0.637. The van der Waals surface area contributed by atoms with Gasteiger partial charge in [-0.25, -0.2) is 4.39 Å². The van der Waals surface area contributed by atoms with Gasteiger partial charge in [-0.15, -0.1) is 0 Å². The predicted octanol–water partition coefficient (Wildman–Crippen LogP) is 3.31. The van der Waals surface area contributed by atoms with E-state index >= 15 is 0 Å². The fourth-order valence-electron chi connectivity index (χ4n) is 2.99. The first-order valence-electron chi connectivity index (χ1n) is 8.62. The standard InChI is InChI=1S/C21H18FN3O2S/c1-13-4-3-5-14(10-13)11-18-20(27)25(16-8-6-15(22)7-9-16)21(28-18)17(12-23)19(26)24-2/h3-10,18H,11H2,1-2H3,(H,24,26)/b21-17+/t18-/m0/s1. The Bertz CT molecular complexity index is 995. The van der Waals surface area contributed by atoms with Crippen LogP contribution in [0.4, 0.5) is 10.1 Å². The van der Waals surface area contributed by atoms with Crippen molar-refractivity contribution in [1.29, 1.82) is 5.26 Å². The van der Waals surface area contributed by atoms with Gasteiger partial charge in [-0.2, -0.15) is 5.26 Å². The van der Waals surface area contributed by atoms with Gasteiger partial charge in [-0.3, -0.25) is 14.5 Å². The molecular formula is C21H18FN3O2S. The van der Waals surface area contributed by atoms with Gasteiger partial charge in [-0.05, 0) is 43.2 Å². The third-order valence-electron chi connectivity index (χ3n) is 4.32. The molecule has 1 fully saturated rings. The average Bonchev–Trinajstić information content (AvgIpc) is 2.99. The van der Waals surface area contributed by atoms with E-state index in [0.29, 0.717) is 12.1 Å². The SMILES string of the molecule is CNC(=O)/C(C#N)=C1/S[C@@H](Cc2cccc(C)c2)C(=O)N1c1ccc(F)cc1. The van der Waals surface area contributed by atoms with E-state index in [9.17, 15) is 19.2 Å². The van der Waals surface area contributed by atoms with Crippen molar-refractivity contribution in [1.82, 2.24) is 5.32 Å². The highest BCUT2D eigenvalue weighted by Gasteiger charge is 2.40. The largest absolute Gasteiger partial charge is 0.354 e. The van der Waals surface area contributed by atoms with Gasteiger partial charge in [0, 0.05) is 12.7 Å². The summed E-state index contributed by atoms with van der Waals surface area (Å²) in [6, 6.07) is 15.1. The normalized spacial score (nSPS) is 18.0. The number of halogens is 1. The third kappa shape index (κ3) is 3.92. The number of nitriles is 1. The maximum Gasteiger partial charge on any atom is 0.264 e. The highest BCUT2D eigenvalue weighted by Crippen LogP contribution is 2.41. The Balaban J connectivity index is 2.04. The van der Waals surface area contributed by atoms with Crippen molar-refractivity contribution in [3.8, 4) is 6.07 Å². The summed E-state index contributed by atoms with van der Waals surface area (Å²) in [5.41, 5.74) is 2.35. The lowest BCUT2D eigenvalue weighted by Gasteiger charge is -2.18. The first-order chi connectivity index (χ1) is 13.4. The zero-order chi connectivity index (χ0) is 20.3. The number of benzene rings is 2. The lowest BCUT2D eigenvalue weighted by atomic mass is 10.1. The molecule has 1 aliphatic rings. The Hall–Kier alpha value is -3.11. The van der Waals surface area contributed by atoms with Crippen molar-refractivity contribution in [3.05, 3.63) is 76.1 Å². The van der Waals surface area contributed by atoms with Gasteiger partial charge in [-0.1, -0.05) is 41.6 Å². The minimum atomic E-state index is -0.568. The van der Waals surface area contributed by atoms with E-state index < -0.39 is 17.0 Å². The first kappa shape index (κ1) is 19.6. The molecule has 142 valence electrons. The fourth-order valence-corrected chi connectivity index (χ4v) is 4.30. The number of hydrogen-bond acceptors (Lipinski definition) is 4. The molecule has 0 aliphatic carbocycles. The van der Waals surface area contributed by atoms with Crippen LogP contribution in [0.2, 0.25) is 0 Å². The van der Waals surface area contributed by atoms with E-state index in [0.717, 1.165) is 11.1 Å². The second-order valence-electron chi connectivity index (χ2n) is 6.32. The van der Waals surface area contributed by atoms with Crippen molar-refractivity contribution >= 4 is 29.3 Å². The summed E-state index contributed by atoms with van der Waals surface area (Å²) in [6.45, 7) is 1.97. The minimum Gasteiger partial charge on any atom is -0.354 e. The van der Waals surface area contributed by atoms with Gasteiger partial charge in [0.1, 0.15) is 22.5 Å². The first-order valence-corrected chi connectivity index (χ1v) is 9.50. The number of anilines is 1. The number of nitrogens with one attached hydrogen (secondary N) is 1. The molecule has 0 radical (unpaired) electrons. The van der Waals surface area contributed by atoms with Crippen LogP contribution >= 0.6 is 11.8 Å². The van der Waals surface area contributed by atoms with Gasteiger partial charge in [0.25, 0.3) is 5.91 Å². The number of amides is 2. The fraction of sp³-hybridized carbons (Fsp3) is 0.190. The number of aryl methyl sites for hydroxylation is 1. The summed E-state index contributed by atoms with van der Waals surface area (Å²) in [6.07, 6.45) is 0.457. The lowest BCUT2D eigenvalue weighted by Crippen LogP contribution is -2.31. The molecule has 1 saturated heterocycles. The van der Waals surface area contributed by atoms with Gasteiger partial charge in [0.15, 0.2) is 0 Å². The van der Waals surface area contributed by atoms with Crippen LogP contribution < -0.4 is 10.2 Å². The smallest absolute Gasteiger partial charge is 0.264 e. The maximum atomic E-state index is 13.3. The van der Waals surface area contributed by atoms with E-state index in [1.54, 1.807) is 0 Å². The average molecular weight is 395 g/mol. The predicted molar refractivity (Wildman–Crippen MR) is 107 cm³/mol. The molecule has 7 heteroatoms. The van der Waals surface area contributed by atoms with E-state index in [1.807, 2.05) is 37.3 Å². The summed E-state index contributed by atoms with van der Waals surface area (Å²) in [5.74, 6) is -1.25. The summed E-state index contributed by atoms with van der Waals surface area (Å²) in [7, 11) is 1.42. The monoisotopic (exact) mass is 395 g/mol. The maximum absolute atomic E-state index is 13.3. The number of thioether (sulfide) groups is 1. The van der Waals surface area contributed by atoms with Crippen molar-refractivity contribution < 1.29 is 14.0 Å². The number of carbonyl (C=O) groups excluding carboxylic acids is 2. The molecule has 2 aromatic rings. The molecule has 0 aromatic heterocycles. The Kier molecular flexibility index (Phi) is 5.81. The van der Waals surface area contributed by atoms with Gasteiger partial charge in [0.2, 0.25) is 5.91 Å². The van der Waals surface area contributed by atoms with Crippen LogP contribution in [-0.4, -0.2) is 24.1 Å². The summed E-state index contributed by atoms with van der Waals surface area (Å²) < 4.78 is 13.3. The molecular weight excluding hydrogens is 377 g/mol. The Morgan fingerprint density at radius 3 is 2.61 bits per heavy atom. The molecule has 2 aromatic carbocycles. The highest BCUT2D eigenvalue weighted by molar-refractivity contribution is 8.05. The van der Waals surface area contributed by atoms with Crippen molar-refractivity contribution in [2.75, 3.05) is 11.9 Å². The van der Waals surface area contributed by atoms with Gasteiger partial charge < -0.3 is 5.32 Å². The van der Waals surface area contributed by atoms with Crippen molar-refractivity contribution in [2.24, 2.45) is 0 Å². The number of likely N-dealkylation sites (N-methyl/N-ethyl adjacent to an activating group) is 1. The second kappa shape index (κ2) is 8.28. The summed E-state index contributed by atoms with van der Waals surface area (Å²) >= 11 is 1.18. The van der Waals surface area contributed by atoms with Crippen LogP contribution in [0.1, 0.15) is 11.1 Å². The van der Waals surface area contributed by atoms with Gasteiger partial charge >= 0.3 is 0 Å². The van der Waals surface area contributed by atoms with Crippen LogP contribution in [0.5, 0.6) is 0 Å². The van der Waals surface area contributed by atoms with Crippen molar-refractivity contribution in [2.45, 2.75) is 18.6 Å². The Morgan fingerprint density at radius 1 is 1.29 bits per heavy atom. The summed E-state index contributed by atoms with van der Waals surface area (Å²) in [4.78, 5) is 26.7. The molecule has 0 spiro atoms. The third-order valence-corrected chi connectivity index (χ3v) is 5.58.